The van der Waals surface area contributed by atoms with Crippen LogP contribution in [0.25, 0.3) is 0 Å². The zero-order chi connectivity index (χ0) is 16.0. The third kappa shape index (κ3) is 4.55. The fourth-order valence-corrected chi connectivity index (χ4v) is 3.38. The van der Waals surface area contributed by atoms with Crippen LogP contribution >= 0.6 is 11.6 Å². The van der Waals surface area contributed by atoms with Crippen molar-refractivity contribution in [3.8, 4) is 0 Å². The first-order valence-electron chi connectivity index (χ1n) is 6.94. The minimum absolute atomic E-state index is 0.00222. The Morgan fingerprint density at radius 3 is 2.27 bits per heavy atom. The van der Waals surface area contributed by atoms with Gasteiger partial charge < -0.3 is 5.11 Å². The second-order valence-corrected chi connectivity index (χ2v) is 7.13. The molecule has 0 radical (unpaired) electrons. The van der Waals surface area contributed by atoms with E-state index < -0.39 is 10.0 Å². The number of nitrogens with one attached hydrogen (secondary N) is 1. The predicted molar refractivity (Wildman–Crippen MR) is 87.5 cm³/mol. The van der Waals surface area contributed by atoms with Crippen LogP contribution in [0, 0.1) is 0 Å². The van der Waals surface area contributed by atoms with E-state index >= 15 is 0 Å². The second kappa shape index (κ2) is 7.74. The smallest absolute Gasteiger partial charge is 0.240 e. The molecule has 22 heavy (non-hydrogen) atoms. The van der Waals surface area contributed by atoms with Gasteiger partial charge in [0.25, 0.3) is 0 Å². The minimum Gasteiger partial charge on any atom is -0.396 e. The maximum absolute atomic E-state index is 12.3. The van der Waals surface area contributed by atoms with Crippen LogP contribution in [-0.4, -0.2) is 26.7 Å². The zero-order valence-corrected chi connectivity index (χ0v) is 13.5. The SMILES string of the molecule is O=S(=O)(NCC(CCO)c1ccccc1)c1ccc(Cl)cc1. The highest BCUT2D eigenvalue weighted by Crippen LogP contribution is 2.20. The molecule has 0 spiro atoms. The maximum Gasteiger partial charge on any atom is 0.240 e. The van der Waals surface area contributed by atoms with Crippen molar-refractivity contribution in [1.29, 1.82) is 0 Å². The van der Waals surface area contributed by atoms with E-state index in [1.54, 1.807) is 12.1 Å². The summed E-state index contributed by atoms with van der Waals surface area (Å²) in [6.45, 7) is 0.234. The molecule has 0 amide bonds. The summed E-state index contributed by atoms with van der Waals surface area (Å²) >= 11 is 5.77. The minimum atomic E-state index is -3.59. The van der Waals surface area contributed by atoms with E-state index in [9.17, 15) is 13.5 Å². The van der Waals surface area contributed by atoms with E-state index in [-0.39, 0.29) is 24.0 Å². The summed E-state index contributed by atoms with van der Waals surface area (Å²) in [5.74, 6) is -0.0757. The summed E-state index contributed by atoms with van der Waals surface area (Å²) in [7, 11) is -3.59. The van der Waals surface area contributed by atoms with Crippen molar-refractivity contribution in [2.45, 2.75) is 17.2 Å². The highest BCUT2D eigenvalue weighted by Gasteiger charge is 2.17. The molecule has 2 aromatic carbocycles. The molecule has 0 saturated carbocycles. The van der Waals surface area contributed by atoms with E-state index in [2.05, 4.69) is 4.72 Å². The van der Waals surface area contributed by atoms with Gasteiger partial charge in [-0.1, -0.05) is 41.9 Å². The summed E-state index contributed by atoms with van der Waals surface area (Å²) in [6.07, 6.45) is 0.493. The van der Waals surface area contributed by atoms with E-state index in [1.165, 1.54) is 12.1 Å². The topological polar surface area (TPSA) is 66.4 Å². The van der Waals surface area contributed by atoms with Gasteiger partial charge in [0.2, 0.25) is 10.0 Å². The fourth-order valence-electron chi connectivity index (χ4n) is 2.18. The van der Waals surface area contributed by atoms with E-state index in [0.717, 1.165) is 5.56 Å². The number of aliphatic hydroxyl groups is 1. The lowest BCUT2D eigenvalue weighted by Gasteiger charge is -2.17. The summed E-state index contributed by atoms with van der Waals surface area (Å²) in [5.41, 5.74) is 0.996. The first-order chi connectivity index (χ1) is 10.5. The molecular weight excluding hydrogens is 322 g/mol. The molecule has 118 valence electrons. The zero-order valence-electron chi connectivity index (χ0n) is 11.9. The van der Waals surface area contributed by atoms with Crippen molar-refractivity contribution in [3.63, 3.8) is 0 Å². The average molecular weight is 340 g/mol. The summed E-state index contributed by atoms with van der Waals surface area (Å²) in [6, 6.07) is 15.6. The third-order valence-corrected chi connectivity index (χ3v) is 5.08. The normalized spacial score (nSPS) is 13.0. The van der Waals surface area contributed by atoms with Crippen molar-refractivity contribution in [1.82, 2.24) is 4.72 Å². The van der Waals surface area contributed by atoms with Crippen molar-refractivity contribution >= 4 is 21.6 Å². The molecular formula is C16H18ClNO3S. The van der Waals surface area contributed by atoms with Crippen LogP contribution in [-0.2, 0) is 10.0 Å². The first kappa shape index (κ1) is 17.0. The van der Waals surface area contributed by atoms with E-state index in [1.807, 2.05) is 30.3 Å². The van der Waals surface area contributed by atoms with Crippen molar-refractivity contribution in [2.75, 3.05) is 13.2 Å². The number of halogens is 1. The lowest BCUT2D eigenvalue weighted by atomic mass is 9.96. The molecule has 0 aromatic heterocycles. The van der Waals surface area contributed by atoms with Crippen LogP contribution < -0.4 is 4.72 Å². The Morgan fingerprint density at radius 2 is 1.68 bits per heavy atom. The highest BCUT2D eigenvalue weighted by molar-refractivity contribution is 7.89. The van der Waals surface area contributed by atoms with E-state index in [0.29, 0.717) is 11.4 Å². The van der Waals surface area contributed by atoms with Crippen LogP contribution in [0.4, 0.5) is 0 Å². The van der Waals surface area contributed by atoms with Crippen LogP contribution in [0.15, 0.2) is 59.5 Å². The van der Waals surface area contributed by atoms with Crippen LogP contribution in [0.5, 0.6) is 0 Å². The summed E-state index contributed by atoms with van der Waals surface area (Å²) < 4.78 is 27.1. The quantitative estimate of drug-likeness (QED) is 0.815. The Kier molecular flexibility index (Phi) is 5.97. The van der Waals surface area contributed by atoms with Crippen molar-refractivity contribution < 1.29 is 13.5 Å². The third-order valence-electron chi connectivity index (χ3n) is 3.39. The molecule has 0 aliphatic carbocycles. The van der Waals surface area contributed by atoms with Gasteiger partial charge in [-0.25, -0.2) is 13.1 Å². The monoisotopic (exact) mass is 339 g/mol. The lowest BCUT2D eigenvalue weighted by Crippen LogP contribution is -2.29. The van der Waals surface area contributed by atoms with Crippen LogP contribution in [0.2, 0.25) is 5.02 Å². The van der Waals surface area contributed by atoms with Gasteiger partial charge in [-0.05, 0) is 42.2 Å². The number of sulfonamides is 1. The van der Waals surface area contributed by atoms with Crippen LogP contribution in [0.3, 0.4) is 0 Å². The Morgan fingerprint density at radius 1 is 1.05 bits per heavy atom. The van der Waals surface area contributed by atoms with Gasteiger partial charge in [-0.2, -0.15) is 0 Å². The molecule has 0 aliphatic heterocycles. The summed E-state index contributed by atoms with van der Waals surface area (Å²) in [5, 5.41) is 9.67. The molecule has 1 atom stereocenters. The molecule has 0 saturated heterocycles. The average Bonchev–Trinajstić information content (AvgIpc) is 2.53. The molecule has 4 nitrogen and oxygen atoms in total. The van der Waals surface area contributed by atoms with Crippen molar-refractivity contribution in [3.05, 3.63) is 65.2 Å². The van der Waals surface area contributed by atoms with Gasteiger partial charge in [0.15, 0.2) is 0 Å². The van der Waals surface area contributed by atoms with Gasteiger partial charge >= 0.3 is 0 Å². The van der Waals surface area contributed by atoms with Crippen molar-refractivity contribution in [2.24, 2.45) is 0 Å². The molecule has 2 rings (SSSR count). The first-order valence-corrected chi connectivity index (χ1v) is 8.80. The number of hydrogen-bond donors (Lipinski definition) is 2. The molecule has 0 bridgehead atoms. The molecule has 0 fully saturated rings. The number of aliphatic hydroxyl groups excluding tert-OH is 1. The molecule has 0 aliphatic rings. The molecule has 2 aromatic rings. The Balaban J connectivity index is 2.10. The van der Waals surface area contributed by atoms with Gasteiger partial charge in [-0.15, -0.1) is 0 Å². The fraction of sp³-hybridized carbons (Fsp3) is 0.250. The standard InChI is InChI=1S/C16H18ClNO3S/c17-15-6-8-16(9-7-15)22(20,21)18-12-14(10-11-19)13-4-2-1-3-5-13/h1-9,14,18-19H,10-12H2. The Labute approximate surface area is 135 Å². The van der Waals surface area contributed by atoms with Crippen LogP contribution in [0.1, 0.15) is 17.9 Å². The predicted octanol–water partition coefficient (Wildman–Crippen LogP) is 2.78. The van der Waals surface area contributed by atoms with Gasteiger partial charge in [0.1, 0.15) is 0 Å². The maximum atomic E-state index is 12.3. The lowest BCUT2D eigenvalue weighted by molar-refractivity contribution is 0.275. The molecule has 6 heteroatoms. The highest BCUT2D eigenvalue weighted by atomic mass is 35.5. The van der Waals surface area contributed by atoms with Gasteiger partial charge in [0, 0.05) is 18.2 Å². The Hall–Kier alpha value is -1.40. The Bertz CT molecular complexity index is 687. The summed E-state index contributed by atoms with van der Waals surface area (Å²) in [4.78, 5) is 0.174. The largest absolute Gasteiger partial charge is 0.396 e. The van der Waals surface area contributed by atoms with Gasteiger partial charge in [0.05, 0.1) is 4.90 Å². The number of hydrogen-bond acceptors (Lipinski definition) is 3. The molecule has 0 heterocycles. The molecule has 2 N–H and O–H groups in total. The van der Waals surface area contributed by atoms with E-state index in [4.69, 9.17) is 11.6 Å². The number of benzene rings is 2. The van der Waals surface area contributed by atoms with Gasteiger partial charge in [-0.3, -0.25) is 0 Å². The number of rotatable bonds is 7. The molecule has 1 unspecified atom stereocenters. The second-order valence-electron chi connectivity index (χ2n) is 4.93.